The highest BCUT2D eigenvalue weighted by atomic mass is 19.1. The van der Waals surface area contributed by atoms with Gasteiger partial charge in [0.2, 0.25) is 0 Å². The molecule has 0 aliphatic heterocycles. The second-order valence-corrected chi connectivity index (χ2v) is 5.36. The third kappa shape index (κ3) is 3.98. The zero-order valence-corrected chi connectivity index (χ0v) is 13.7. The van der Waals surface area contributed by atoms with Gasteiger partial charge in [0, 0.05) is 5.69 Å². The molecule has 0 radical (unpaired) electrons. The molecule has 0 aliphatic rings. The van der Waals surface area contributed by atoms with Gasteiger partial charge >= 0.3 is 0 Å². The van der Waals surface area contributed by atoms with E-state index in [2.05, 4.69) is 20.6 Å². The first-order chi connectivity index (χ1) is 12.2. The van der Waals surface area contributed by atoms with Crippen LogP contribution in [0.3, 0.4) is 0 Å². The first kappa shape index (κ1) is 16.6. The lowest BCUT2D eigenvalue weighted by Gasteiger charge is -2.10. The second-order valence-electron chi connectivity index (χ2n) is 5.36. The van der Waals surface area contributed by atoms with Crippen LogP contribution in [0.25, 0.3) is 0 Å². The van der Waals surface area contributed by atoms with Crippen LogP contribution in [-0.2, 0) is 6.42 Å². The van der Waals surface area contributed by atoms with Gasteiger partial charge in [0.15, 0.2) is 0 Å². The Labute approximate surface area is 145 Å². The van der Waals surface area contributed by atoms with Gasteiger partial charge < -0.3 is 10.6 Å². The van der Waals surface area contributed by atoms with Gasteiger partial charge in [-0.2, -0.15) is 0 Å². The highest BCUT2D eigenvalue weighted by Crippen LogP contribution is 2.18. The molecule has 5 nitrogen and oxygen atoms in total. The Hall–Kier alpha value is -3.28. The van der Waals surface area contributed by atoms with E-state index in [0.717, 1.165) is 17.7 Å². The van der Waals surface area contributed by atoms with Crippen LogP contribution in [-0.4, -0.2) is 15.9 Å². The number of nitrogens with one attached hydrogen (secondary N) is 2. The average molecular weight is 336 g/mol. The zero-order valence-electron chi connectivity index (χ0n) is 13.7. The number of benzene rings is 2. The van der Waals surface area contributed by atoms with Crippen LogP contribution in [0.2, 0.25) is 0 Å². The molecule has 6 heteroatoms. The number of aromatic nitrogens is 2. The number of nitrogens with zero attached hydrogens (tertiary/aromatic N) is 2. The van der Waals surface area contributed by atoms with E-state index in [9.17, 15) is 9.18 Å². The van der Waals surface area contributed by atoms with Crippen LogP contribution >= 0.6 is 0 Å². The molecule has 0 unspecified atom stereocenters. The molecule has 126 valence electrons. The summed E-state index contributed by atoms with van der Waals surface area (Å²) in [5.74, 6) is -0.372. The molecule has 1 heterocycles. The molecule has 0 saturated heterocycles. The van der Waals surface area contributed by atoms with Gasteiger partial charge in [0.25, 0.3) is 5.91 Å². The molecule has 0 aliphatic carbocycles. The third-order valence-electron chi connectivity index (χ3n) is 3.67. The van der Waals surface area contributed by atoms with Crippen molar-refractivity contribution in [1.29, 1.82) is 0 Å². The van der Waals surface area contributed by atoms with E-state index in [4.69, 9.17) is 0 Å². The van der Waals surface area contributed by atoms with Gasteiger partial charge in [-0.1, -0.05) is 37.3 Å². The smallest absolute Gasteiger partial charge is 0.275 e. The van der Waals surface area contributed by atoms with Gasteiger partial charge in [-0.05, 0) is 30.2 Å². The Kier molecular flexibility index (Phi) is 4.99. The summed E-state index contributed by atoms with van der Waals surface area (Å²) in [5, 5.41) is 5.66. The van der Waals surface area contributed by atoms with E-state index in [1.807, 2.05) is 31.2 Å². The fourth-order valence-electron chi connectivity index (χ4n) is 2.35. The van der Waals surface area contributed by atoms with Crippen LogP contribution in [0.15, 0.2) is 60.9 Å². The molecule has 2 aromatic carbocycles. The Morgan fingerprint density at radius 2 is 1.72 bits per heavy atom. The Bertz CT molecular complexity index is 881. The van der Waals surface area contributed by atoms with E-state index in [1.165, 1.54) is 18.5 Å². The maximum atomic E-state index is 13.6. The summed E-state index contributed by atoms with van der Waals surface area (Å²) in [6.07, 6.45) is 3.56. The van der Waals surface area contributed by atoms with Gasteiger partial charge in [-0.15, -0.1) is 0 Å². The van der Waals surface area contributed by atoms with Gasteiger partial charge in [-0.3, -0.25) is 4.79 Å². The standard InChI is InChI=1S/C19H17FN4O/c1-2-13-7-3-5-9-15(13)24-19(25)17-11-22-18(12-21-17)23-16-10-6-4-8-14(16)20/h3-12H,2H2,1H3,(H,22,23)(H,24,25). The lowest BCUT2D eigenvalue weighted by atomic mass is 10.1. The first-order valence-electron chi connectivity index (χ1n) is 7.90. The lowest BCUT2D eigenvalue weighted by Crippen LogP contribution is -2.15. The minimum Gasteiger partial charge on any atom is -0.337 e. The van der Waals surface area contributed by atoms with Crippen LogP contribution in [0.1, 0.15) is 23.0 Å². The fraction of sp³-hybridized carbons (Fsp3) is 0.105. The Morgan fingerprint density at radius 3 is 2.40 bits per heavy atom. The van der Waals surface area contributed by atoms with E-state index >= 15 is 0 Å². The van der Waals surface area contributed by atoms with Crippen LogP contribution < -0.4 is 10.6 Å². The molecule has 0 atom stereocenters. The van der Waals surface area contributed by atoms with Crippen LogP contribution in [0.5, 0.6) is 0 Å². The average Bonchev–Trinajstić information content (AvgIpc) is 2.64. The van der Waals surface area contributed by atoms with Crippen molar-refractivity contribution in [2.75, 3.05) is 10.6 Å². The van der Waals surface area contributed by atoms with Crippen molar-refractivity contribution < 1.29 is 9.18 Å². The molecule has 1 aromatic heterocycles. The largest absolute Gasteiger partial charge is 0.337 e. The van der Waals surface area contributed by atoms with Crippen LogP contribution in [0.4, 0.5) is 21.6 Å². The summed E-state index contributed by atoms with van der Waals surface area (Å²) >= 11 is 0. The summed E-state index contributed by atoms with van der Waals surface area (Å²) in [7, 11) is 0. The summed E-state index contributed by atoms with van der Waals surface area (Å²) in [6.45, 7) is 2.02. The van der Waals surface area contributed by atoms with Crippen molar-refractivity contribution in [3.8, 4) is 0 Å². The summed E-state index contributed by atoms with van der Waals surface area (Å²) in [6, 6.07) is 13.9. The number of rotatable bonds is 5. The molecule has 0 spiro atoms. The SMILES string of the molecule is CCc1ccccc1NC(=O)c1cnc(Nc2ccccc2F)cn1. The van der Waals surface area contributed by atoms with E-state index in [0.29, 0.717) is 11.5 Å². The van der Waals surface area contributed by atoms with Crippen LogP contribution in [0, 0.1) is 5.82 Å². The van der Waals surface area contributed by atoms with Crippen molar-refractivity contribution >= 4 is 23.1 Å². The number of carbonyl (C=O) groups is 1. The quantitative estimate of drug-likeness (QED) is 0.734. The molecular weight excluding hydrogens is 319 g/mol. The van der Waals surface area contributed by atoms with Crippen molar-refractivity contribution in [2.45, 2.75) is 13.3 Å². The number of amides is 1. The molecule has 3 aromatic rings. The highest BCUT2D eigenvalue weighted by molar-refractivity contribution is 6.03. The van der Waals surface area contributed by atoms with E-state index in [1.54, 1.807) is 18.2 Å². The predicted molar refractivity (Wildman–Crippen MR) is 95.5 cm³/mol. The number of hydrogen-bond donors (Lipinski definition) is 2. The van der Waals surface area contributed by atoms with E-state index in [-0.39, 0.29) is 17.4 Å². The van der Waals surface area contributed by atoms with Gasteiger partial charge in [0.1, 0.15) is 17.3 Å². The summed E-state index contributed by atoms with van der Waals surface area (Å²) < 4.78 is 13.6. The maximum Gasteiger partial charge on any atom is 0.275 e. The minimum absolute atomic E-state index is 0.185. The predicted octanol–water partition coefficient (Wildman–Crippen LogP) is 4.17. The number of halogens is 1. The molecule has 0 fully saturated rings. The van der Waals surface area contributed by atoms with Crippen molar-refractivity contribution in [3.05, 3.63) is 78.0 Å². The molecular formula is C19H17FN4O. The number of para-hydroxylation sites is 2. The number of anilines is 3. The Balaban J connectivity index is 1.71. The highest BCUT2D eigenvalue weighted by Gasteiger charge is 2.11. The maximum absolute atomic E-state index is 13.6. The summed E-state index contributed by atoms with van der Waals surface area (Å²) in [5.41, 5.74) is 2.28. The van der Waals surface area contributed by atoms with E-state index < -0.39 is 0 Å². The topological polar surface area (TPSA) is 66.9 Å². The number of carbonyl (C=O) groups excluding carboxylic acids is 1. The molecule has 1 amide bonds. The molecule has 3 rings (SSSR count). The summed E-state index contributed by atoms with van der Waals surface area (Å²) in [4.78, 5) is 20.5. The van der Waals surface area contributed by atoms with Crippen molar-refractivity contribution in [3.63, 3.8) is 0 Å². The third-order valence-corrected chi connectivity index (χ3v) is 3.67. The monoisotopic (exact) mass is 336 g/mol. The first-order valence-corrected chi connectivity index (χ1v) is 7.90. The number of hydrogen-bond acceptors (Lipinski definition) is 4. The number of aryl methyl sites for hydroxylation is 1. The minimum atomic E-state index is -0.387. The van der Waals surface area contributed by atoms with Gasteiger partial charge in [-0.25, -0.2) is 14.4 Å². The normalized spacial score (nSPS) is 10.3. The lowest BCUT2D eigenvalue weighted by molar-refractivity contribution is 0.102. The molecule has 25 heavy (non-hydrogen) atoms. The molecule has 2 N–H and O–H groups in total. The van der Waals surface area contributed by atoms with Crippen molar-refractivity contribution in [1.82, 2.24) is 9.97 Å². The Morgan fingerprint density at radius 1 is 1.00 bits per heavy atom. The zero-order chi connectivity index (χ0) is 17.6. The second kappa shape index (κ2) is 7.53. The molecule has 0 saturated carbocycles. The fourth-order valence-corrected chi connectivity index (χ4v) is 2.35. The van der Waals surface area contributed by atoms with Crippen molar-refractivity contribution in [2.24, 2.45) is 0 Å². The molecule has 0 bridgehead atoms. The van der Waals surface area contributed by atoms with Gasteiger partial charge in [0.05, 0.1) is 18.1 Å².